The predicted molar refractivity (Wildman–Crippen MR) is 151 cm³/mol. The third kappa shape index (κ3) is 7.45. The Kier molecular flexibility index (Phi) is 9.36. The van der Waals surface area contributed by atoms with Gasteiger partial charge >= 0.3 is 0 Å². The highest BCUT2D eigenvalue weighted by molar-refractivity contribution is 5.78. The molecule has 0 aliphatic heterocycles. The Morgan fingerprint density at radius 2 is 1.76 bits per heavy atom. The summed E-state index contributed by atoms with van der Waals surface area (Å²) >= 11 is 0. The van der Waals surface area contributed by atoms with Crippen LogP contribution in [0, 0.1) is 6.92 Å². The zero-order valence-electron chi connectivity index (χ0n) is 22.4. The number of para-hydroxylation sites is 2. The summed E-state index contributed by atoms with van der Waals surface area (Å²) in [5, 5.41) is 3.05. The number of fused-ring (bicyclic) bond motifs is 1. The number of ether oxygens (including phenoxy) is 1. The van der Waals surface area contributed by atoms with Crippen LogP contribution in [0.1, 0.15) is 61.5 Å². The van der Waals surface area contributed by atoms with E-state index < -0.39 is 0 Å². The first-order valence-corrected chi connectivity index (χ1v) is 13.5. The number of imidazole rings is 1. The normalized spacial score (nSPS) is 11.2. The number of hydrogen-bond donors (Lipinski definition) is 1. The first-order chi connectivity index (χ1) is 18.0. The largest absolute Gasteiger partial charge is 0.493 e. The summed E-state index contributed by atoms with van der Waals surface area (Å²) < 4.78 is 8.54. The van der Waals surface area contributed by atoms with Gasteiger partial charge in [-0.2, -0.15) is 0 Å². The number of rotatable bonds is 13. The van der Waals surface area contributed by atoms with Crippen molar-refractivity contribution in [2.75, 3.05) is 13.2 Å². The van der Waals surface area contributed by atoms with Crippen LogP contribution in [0.2, 0.25) is 0 Å². The van der Waals surface area contributed by atoms with Gasteiger partial charge in [0.2, 0.25) is 5.91 Å². The van der Waals surface area contributed by atoms with Gasteiger partial charge < -0.3 is 14.6 Å². The summed E-state index contributed by atoms with van der Waals surface area (Å²) in [4.78, 5) is 17.2. The summed E-state index contributed by atoms with van der Waals surface area (Å²) in [6, 6.07) is 24.7. The molecule has 0 aliphatic carbocycles. The van der Waals surface area contributed by atoms with Gasteiger partial charge in [-0.25, -0.2) is 4.98 Å². The van der Waals surface area contributed by atoms with Crippen molar-refractivity contribution in [3.05, 3.63) is 95.3 Å². The van der Waals surface area contributed by atoms with Gasteiger partial charge in [0.25, 0.3) is 0 Å². The van der Waals surface area contributed by atoms with Gasteiger partial charge in [-0.05, 0) is 67.0 Å². The van der Waals surface area contributed by atoms with E-state index in [1.54, 1.807) is 0 Å². The van der Waals surface area contributed by atoms with Crippen LogP contribution in [0.4, 0.5) is 0 Å². The van der Waals surface area contributed by atoms with E-state index in [1.165, 1.54) is 16.6 Å². The Balaban J connectivity index is 1.28. The molecule has 0 radical (unpaired) electrons. The van der Waals surface area contributed by atoms with Crippen molar-refractivity contribution < 1.29 is 9.53 Å². The average Bonchev–Trinajstić information content (AvgIpc) is 3.24. The average molecular weight is 498 g/mol. The van der Waals surface area contributed by atoms with Crippen LogP contribution in [0.15, 0.2) is 72.8 Å². The fourth-order valence-corrected chi connectivity index (χ4v) is 4.68. The Morgan fingerprint density at radius 3 is 2.57 bits per heavy atom. The van der Waals surface area contributed by atoms with Crippen molar-refractivity contribution in [1.29, 1.82) is 0 Å². The second kappa shape index (κ2) is 13.1. The SMILES string of the molecule is Cc1ccc(C(C)C)c(OCCCCn2c(CCCNC(=O)Cc3ccccc3)nc3ccccc32)c1. The fraction of sp³-hybridized carbons (Fsp3) is 0.375. The molecular weight excluding hydrogens is 458 g/mol. The van der Waals surface area contributed by atoms with Gasteiger partial charge in [-0.15, -0.1) is 0 Å². The first-order valence-electron chi connectivity index (χ1n) is 13.5. The molecule has 0 saturated heterocycles. The Morgan fingerprint density at radius 1 is 0.973 bits per heavy atom. The predicted octanol–water partition coefficient (Wildman–Crippen LogP) is 6.62. The van der Waals surface area contributed by atoms with Crippen molar-refractivity contribution in [2.45, 2.75) is 65.3 Å². The van der Waals surface area contributed by atoms with Crippen molar-refractivity contribution in [3.8, 4) is 5.75 Å². The minimum absolute atomic E-state index is 0.0638. The van der Waals surface area contributed by atoms with E-state index in [9.17, 15) is 4.79 Å². The van der Waals surface area contributed by atoms with Crippen molar-refractivity contribution in [2.24, 2.45) is 0 Å². The van der Waals surface area contributed by atoms with E-state index in [-0.39, 0.29) is 5.91 Å². The maximum atomic E-state index is 12.3. The Hall–Kier alpha value is -3.60. The number of aryl methyl sites for hydroxylation is 3. The lowest BCUT2D eigenvalue weighted by atomic mass is 10.0. The fourth-order valence-electron chi connectivity index (χ4n) is 4.68. The van der Waals surface area contributed by atoms with Crippen LogP contribution in [-0.2, 0) is 24.2 Å². The molecule has 37 heavy (non-hydrogen) atoms. The van der Waals surface area contributed by atoms with Crippen LogP contribution in [0.25, 0.3) is 11.0 Å². The monoisotopic (exact) mass is 497 g/mol. The molecule has 1 aromatic heterocycles. The molecule has 0 unspecified atom stereocenters. The van der Waals surface area contributed by atoms with E-state index in [2.05, 4.69) is 67.1 Å². The highest BCUT2D eigenvalue weighted by Gasteiger charge is 2.12. The lowest BCUT2D eigenvalue weighted by molar-refractivity contribution is -0.120. The van der Waals surface area contributed by atoms with Gasteiger partial charge in [-0.1, -0.05) is 68.4 Å². The summed E-state index contributed by atoms with van der Waals surface area (Å²) in [6.45, 7) is 8.79. The van der Waals surface area contributed by atoms with Crippen LogP contribution >= 0.6 is 0 Å². The number of unbranched alkanes of at least 4 members (excludes halogenated alkanes) is 1. The van der Waals surface area contributed by atoms with Crippen LogP contribution in [0.3, 0.4) is 0 Å². The zero-order chi connectivity index (χ0) is 26.0. The van der Waals surface area contributed by atoms with E-state index >= 15 is 0 Å². The lowest BCUT2D eigenvalue weighted by Crippen LogP contribution is -2.26. The molecule has 1 N–H and O–H groups in total. The van der Waals surface area contributed by atoms with Gasteiger partial charge in [0, 0.05) is 19.5 Å². The molecule has 0 spiro atoms. The Bertz CT molecular complexity index is 1290. The molecule has 4 aromatic rings. The van der Waals surface area contributed by atoms with E-state index in [1.807, 2.05) is 36.4 Å². The third-order valence-electron chi connectivity index (χ3n) is 6.67. The molecule has 1 amide bonds. The molecule has 194 valence electrons. The summed E-state index contributed by atoms with van der Waals surface area (Å²) in [5.41, 5.74) is 5.73. The lowest BCUT2D eigenvalue weighted by Gasteiger charge is -2.15. The molecule has 4 rings (SSSR count). The van der Waals surface area contributed by atoms with E-state index in [4.69, 9.17) is 9.72 Å². The number of carbonyl (C=O) groups excluding carboxylic acids is 1. The number of nitrogens with one attached hydrogen (secondary N) is 1. The van der Waals surface area contributed by atoms with E-state index in [0.717, 1.165) is 54.9 Å². The molecule has 5 heteroatoms. The molecule has 0 atom stereocenters. The number of hydrogen-bond acceptors (Lipinski definition) is 3. The molecule has 0 fully saturated rings. The highest BCUT2D eigenvalue weighted by Crippen LogP contribution is 2.27. The maximum absolute atomic E-state index is 12.3. The zero-order valence-corrected chi connectivity index (χ0v) is 22.4. The summed E-state index contributed by atoms with van der Waals surface area (Å²) in [5.74, 6) is 2.60. The first kappa shape index (κ1) is 26.5. The maximum Gasteiger partial charge on any atom is 0.224 e. The summed E-state index contributed by atoms with van der Waals surface area (Å²) in [7, 11) is 0. The topological polar surface area (TPSA) is 56.1 Å². The van der Waals surface area contributed by atoms with Gasteiger partial charge in [0.05, 0.1) is 24.1 Å². The van der Waals surface area contributed by atoms with Crippen LogP contribution in [0.5, 0.6) is 5.75 Å². The molecular formula is C32H39N3O2. The molecule has 1 heterocycles. The van der Waals surface area contributed by atoms with Crippen molar-refractivity contribution >= 4 is 16.9 Å². The van der Waals surface area contributed by atoms with Gasteiger partial charge in [0.1, 0.15) is 11.6 Å². The quantitative estimate of drug-likeness (QED) is 0.211. The smallest absolute Gasteiger partial charge is 0.224 e. The number of amides is 1. The number of nitrogens with zero attached hydrogens (tertiary/aromatic N) is 2. The second-order valence-corrected chi connectivity index (χ2v) is 10.0. The van der Waals surface area contributed by atoms with Crippen LogP contribution in [-0.4, -0.2) is 28.6 Å². The molecule has 3 aromatic carbocycles. The Labute approximate surface area is 220 Å². The standard InChI is InChI=1S/C32H39N3O2/c1-24(2)27-18-17-25(3)22-30(27)37-21-10-9-20-35-29-15-8-7-14-28(29)34-31(35)16-11-19-33-32(36)23-26-12-5-4-6-13-26/h4-8,12-15,17-18,22,24H,9-11,16,19-21,23H2,1-3H3,(H,33,36). The minimum Gasteiger partial charge on any atom is -0.493 e. The molecule has 0 aliphatic rings. The molecule has 0 saturated carbocycles. The molecule has 0 bridgehead atoms. The number of aromatic nitrogens is 2. The summed E-state index contributed by atoms with van der Waals surface area (Å²) in [6.07, 6.45) is 4.11. The highest BCUT2D eigenvalue weighted by atomic mass is 16.5. The number of benzene rings is 3. The number of carbonyl (C=O) groups is 1. The van der Waals surface area contributed by atoms with E-state index in [0.29, 0.717) is 25.5 Å². The van der Waals surface area contributed by atoms with Crippen molar-refractivity contribution in [1.82, 2.24) is 14.9 Å². The van der Waals surface area contributed by atoms with Crippen LogP contribution < -0.4 is 10.1 Å². The second-order valence-electron chi connectivity index (χ2n) is 10.0. The van der Waals surface area contributed by atoms with Gasteiger partial charge in [0.15, 0.2) is 0 Å². The van der Waals surface area contributed by atoms with Gasteiger partial charge in [-0.3, -0.25) is 4.79 Å². The third-order valence-corrected chi connectivity index (χ3v) is 6.67. The minimum atomic E-state index is 0.0638. The van der Waals surface area contributed by atoms with Crippen molar-refractivity contribution in [3.63, 3.8) is 0 Å². The molecule has 5 nitrogen and oxygen atoms in total.